The van der Waals surface area contributed by atoms with E-state index >= 15 is 0 Å². The average Bonchev–Trinajstić information content (AvgIpc) is 3.29. The Morgan fingerprint density at radius 3 is 0.741 bits per heavy atom. The summed E-state index contributed by atoms with van der Waals surface area (Å²) in [4.78, 5) is 7.07. The smallest absolute Gasteiger partial charge is 0.0487 e. The molecule has 3 aliphatic heterocycles. The summed E-state index contributed by atoms with van der Waals surface area (Å²) < 4.78 is 0. The molecule has 6 aromatic carbocycles. The molecule has 0 spiro atoms. The topological polar surface area (TPSA) is 9.72 Å². The number of rotatable bonds is 8. The highest BCUT2D eigenvalue weighted by molar-refractivity contribution is 5.87. The Bertz CT molecular complexity index is 2320. The summed E-state index contributed by atoms with van der Waals surface area (Å²) >= 11 is 0. The minimum Gasteiger partial charge on any atom is -0.344 e. The molecule has 0 N–H and O–H groups in total. The second-order valence-electron chi connectivity index (χ2n) is 15.1. The van der Waals surface area contributed by atoms with Gasteiger partial charge in [0.1, 0.15) is 0 Å². The molecule has 0 atom stereocenters. The number of hydrogen-bond acceptors (Lipinski definition) is 3. The Kier molecular flexibility index (Phi) is 10.2. The first-order chi connectivity index (χ1) is 28.5. The van der Waals surface area contributed by atoms with E-state index in [2.05, 4.69) is 254 Å². The van der Waals surface area contributed by atoms with Crippen LogP contribution in [0.2, 0.25) is 0 Å². The predicted octanol–water partition coefficient (Wildman–Crippen LogP) is 12.6. The fourth-order valence-corrected chi connectivity index (χ4v) is 8.64. The Labute approximate surface area is 343 Å². The molecule has 3 aliphatic rings. The standard InChI is InChI=1S/C55H47N3/c1-56-49(40-22-10-4-11-23-40)34-46(35-50(56)41-24-12-5-13-25-41)55(47-36-51(42-26-14-6-15-27-42)57(2)52(37-47)43-28-16-7-17-29-43)48-38-53(44-30-18-8-19-31-44)58(3)54(39-48)45-32-20-9-21-33-45/h4-39,46-47H,1-3H3. The monoisotopic (exact) mass is 749 g/mol. The van der Waals surface area contributed by atoms with Gasteiger partial charge in [0, 0.05) is 67.2 Å². The Hall–Kier alpha value is -7.10. The molecule has 0 radical (unpaired) electrons. The van der Waals surface area contributed by atoms with E-state index in [1.807, 2.05) is 0 Å². The van der Waals surface area contributed by atoms with Gasteiger partial charge in [-0.15, -0.1) is 0 Å². The molecule has 0 unspecified atom stereocenters. The zero-order chi connectivity index (χ0) is 39.4. The summed E-state index contributed by atoms with van der Waals surface area (Å²) in [6.07, 6.45) is 14.8. The first-order valence-electron chi connectivity index (χ1n) is 20.1. The number of hydrogen-bond donors (Lipinski definition) is 0. The normalized spacial score (nSPS) is 16.2. The molecule has 3 nitrogen and oxygen atoms in total. The zero-order valence-electron chi connectivity index (χ0n) is 33.3. The molecule has 0 aromatic heterocycles. The van der Waals surface area contributed by atoms with Crippen LogP contribution in [0.1, 0.15) is 33.4 Å². The first kappa shape index (κ1) is 36.5. The van der Waals surface area contributed by atoms with Crippen LogP contribution in [0.4, 0.5) is 0 Å². The fourth-order valence-electron chi connectivity index (χ4n) is 8.64. The molecule has 0 saturated heterocycles. The maximum atomic E-state index is 2.48. The van der Waals surface area contributed by atoms with Crippen molar-refractivity contribution < 1.29 is 0 Å². The van der Waals surface area contributed by atoms with Gasteiger partial charge in [-0.25, -0.2) is 0 Å². The first-order valence-corrected chi connectivity index (χ1v) is 20.1. The Balaban J connectivity index is 1.37. The average molecular weight is 750 g/mol. The van der Waals surface area contributed by atoms with Gasteiger partial charge in [-0.2, -0.15) is 0 Å². The minimum atomic E-state index is -0.0588. The molecule has 0 aliphatic carbocycles. The van der Waals surface area contributed by atoms with Gasteiger partial charge in [-0.05, 0) is 81.0 Å². The van der Waals surface area contributed by atoms with Crippen molar-refractivity contribution in [2.75, 3.05) is 21.1 Å². The quantitative estimate of drug-likeness (QED) is 0.153. The lowest BCUT2D eigenvalue weighted by molar-refractivity contribution is 0.633. The molecule has 58 heavy (non-hydrogen) atoms. The van der Waals surface area contributed by atoms with Crippen molar-refractivity contribution in [3.05, 3.63) is 263 Å². The van der Waals surface area contributed by atoms with Crippen molar-refractivity contribution in [1.82, 2.24) is 14.7 Å². The van der Waals surface area contributed by atoms with Crippen LogP contribution >= 0.6 is 0 Å². The lowest BCUT2D eigenvalue weighted by Crippen LogP contribution is -2.27. The van der Waals surface area contributed by atoms with Gasteiger partial charge < -0.3 is 14.7 Å². The molecule has 0 fully saturated rings. The lowest BCUT2D eigenvalue weighted by Gasteiger charge is -2.38. The fraction of sp³-hybridized carbons (Fsp3) is 0.0909. The van der Waals surface area contributed by atoms with Crippen LogP contribution in [0, 0.1) is 11.8 Å². The van der Waals surface area contributed by atoms with Gasteiger partial charge in [0.15, 0.2) is 0 Å². The molecule has 3 heteroatoms. The second kappa shape index (κ2) is 16.2. The van der Waals surface area contributed by atoms with Crippen molar-refractivity contribution in [3.63, 3.8) is 0 Å². The van der Waals surface area contributed by atoms with Gasteiger partial charge in [-0.3, -0.25) is 0 Å². The van der Waals surface area contributed by atoms with Crippen molar-refractivity contribution in [1.29, 1.82) is 0 Å². The summed E-state index contributed by atoms with van der Waals surface area (Å²) in [6.45, 7) is 0. The maximum absolute atomic E-state index is 2.48. The van der Waals surface area contributed by atoms with Crippen molar-refractivity contribution in [2.45, 2.75) is 0 Å². The van der Waals surface area contributed by atoms with Crippen LogP contribution in [-0.4, -0.2) is 35.8 Å². The molecule has 282 valence electrons. The van der Waals surface area contributed by atoms with E-state index in [0.717, 1.165) is 11.4 Å². The van der Waals surface area contributed by atoms with E-state index in [1.165, 1.54) is 67.3 Å². The Morgan fingerprint density at radius 1 is 0.293 bits per heavy atom. The zero-order valence-corrected chi connectivity index (χ0v) is 33.3. The SMILES string of the molecule is CN1C(c2ccccc2)=CC(=C(C2C=C(c3ccccc3)N(C)C(c3ccccc3)=C2)C2C=C(c3ccccc3)N(C)C(c3ccccc3)=C2)C=C1c1ccccc1. The van der Waals surface area contributed by atoms with E-state index < -0.39 is 0 Å². The molecule has 6 aromatic rings. The van der Waals surface area contributed by atoms with Crippen LogP contribution in [0.15, 0.2) is 230 Å². The van der Waals surface area contributed by atoms with Crippen LogP contribution < -0.4 is 0 Å². The van der Waals surface area contributed by atoms with Gasteiger partial charge in [0.25, 0.3) is 0 Å². The van der Waals surface area contributed by atoms with Crippen LogP contribution in [0.3, 0.4) is 0 Å². The third-order valence-corrected chi connectivity index (χ3v) is 11.6. The van der Waals surface area contributed by atoms with Crippen molar-refractivity contribution in [2.24, 2.45) is 11.8 Å². The second-order valence-corrected chi connectivity index (χ2v) is 15.1. The van der Waals surface area contributed by atoms with E-state index in [9.17, 15) is 0 Å². The highest BCUT2D eigenvalue weighted by atomic mass is 15.1. The van der Waals surface area contributed by atoms with E-state index in [4.69, 9.17) is 0 Å². The molecular weight excluding hydrogens is 703 g/mol. The summed E-state index contributed by atoms with van der Waals surface area (Å²) in [6, 6.07) is 65.0. The highest BCUT2D eigenvalue weighted by Gasteiger charge is 2.33. The molecule has 0 bridgehead atoms. The van der Waals surface area contributed by atoms with Crippen molar-refractivity contribution >= 4 is 34.2 Å². The van der Waals surface area contributed by atoms with Gasteiger partial charge in [-0.1, -0.05) is 182 Å². The minimum absolute atomic E-state index is 0.0588. The van der Waals surface area contributed by atoms with E-state index in [1.54, 1.807) is 0 Å². The predicted molar refractivity (Wildman–Crippen MR) is 244 cm³/mol. The van der Waals surface area contributed by atoms with Gasteiger partial charge in [0.2, 0.25) is 0 Å². The largest absolute Gasteiger partial charge is 0.344 e. The molecule has 0 amide bonds. The van der Waals surface area contributed by atoms with Gasteiger partial charge in [0.05, 0.1) is 0 Å². The highest BCUT2D eigenvalue weighted by Crippen LogP contribution is 2.46. The van der Waals surface area contributed by atoms with Crippen LogP contribution in [0.25, 0.3) is 34.2 Å². The van der Waals surface area contributed by atoms with Crippen LogP contribution in [-0.2, 0) is 0 Å². The van der Waals surface area contributed by atoms with E-state index in [0.29, 0.717) is 0 Å². The van der Waals surface area contributed by atoms with Crippen molar-refractivity contribution in [3.8, 4) is 0 Å². The molecule has 9 rings (SSSR count). The number of benzene rings is 6. The third-order valence-electron chi connectivity index (χ3n) is 11.6. The third kappa shape index (κ3) is 7.19. The molecule has 0 saturated carbocycles. The number of nitrogens with zero attached hydrogens (tertiary/aromatic N) is 3. The molecule has 3 heterocycles. The summed E-state index contributed by atoms with van der Waals surface area (Å²) in [5.74, 6) is -0.118. The molecular formula is C55H47N3. The summed E-state index contributed by atoms with van der Waals surface area (Å²) in [5.41, 5.74) is 16.7. The van der Waals surface area contributed by atoms with Gasteiger partial charge >= 0.3 is 0 Å². The lowest BCUT2D eigenvalue weighted by atomic mass is 9.77. The summed E-state index contributed by atoms with van der Waals surface area (Å²) in [7, 11) is 6.60. The Morgan fingerprint density at radius 2 is 0.500 bits per heavy atom. The van der Waals surface area contributed by atoms with E-state index in [-0.39, 0.29) is 11.8 Å². The van der Waals surface area contributed by atoms with Crippen LogP contribution in [0.5, 0.6) is 0 Å². The number of allylic oxidation sites excluding steroid dienone is 8. The maximum Gasteiger partial charge on any atom is 0.0487 e. The summed E-state index contributed by atoms with van der Waals surface area (Å²) in [5, 5.41) is 0.